The topological polar surface area (TPSA) is 30.5 Å². The first-order valence-corrected chi connectivity index (χ1v) is 7.35. The molecule has 0 bridgehead atoms. The number of halogens is 1. The number of benzene rings is 1. The second kappa shape index (κ2) is 5.31. The van der Waals surface area contributed by atoms with E-state index in [0.717, 1.165) is 55.2 Å². The molecule has 1 saturated heterocycles. The molecule has 19 heavy (non-hydrogen) atoms. The molecule has 1 spiro atoms. The number of anilines is 1. The van der Waals surface area contributed by atoms with Crippen LogP contribution in [0.4, 0.5) is 5.69 Å². The van der Waals surface area contributed by atoms with Crippen LogP contribution in [0.3, 0.4) is 0 Å². The van der Waals surface area contributed by atoms with Gasteiger partial charge in [-0.05, 0) is 37.5 Å². The average molecular weight is 282 g/mol. The van der Waals surface area contributed by atoms with Crippen molar-refractivity contribution in [3.8, 4) is 0 Å². The second-order valence-corrected chi connectivity index (χ2v) is 5.90. The molecule has 1 N–H and O–H groups in total. The monoisotopic (exact) mass is 281 g/mol. The molecule has 1 saturated carbocycles. The van der Waals surface area contributed by atoms with Gasteiger partial charge in [-0.1, -0.05) is 17.7 Å². The number of aryl methyl sites for hydroxylation is 1. The Morgan fingerprint density at radius 2 is 1.89 bits per heavy atom. The van der Waals surface area contributed by atoms with Gasteiger partial charge >= 0.3 is 0 Å². The summed E-state index contributed by atoms with van der Waals surface area (Å²) in [7, 11) is 0. The van der Waals surface area contributed by atoms with Crippen molar-refractivity contribution in [2.45, 2.75) is 44.4 Å². The lowest BCUT2D eigenvalue weighted by molar-refractivity contribution is -0.177. The first kappa shape index (κ1) is 13.2. The van der Waals surface area contributed by atoms with Gasteiger partial charge in [0.25, 0.3) is 0 Å². The van der Waals surface area contributed by atoms with Gasteiger partial charge in [0.2, 0.25) is 0 Å². The fourth-order valence-electron chi connectivity index (χ4n) is 2.91. The highest BCUT2D eigenvalue weighted by Crippen LogP contribution is 2.36. The molecule has 3 rings (SSSR count). The van der Waals surface area contributed by atoms with Crippen molar-refractivity contribution in [2.24, 2.45) is 0 Å². The highest BCUT2D eigenvalue weighted by atomic mass is 35.5. The van der Waals surface area contributed by atoms with E-state index in [-0.39, 0.29) is 5.79 Å². The van der Waals surface area contributed by atoms with Gasteiger partial charge in [-0.15, -0.1) is 0 Å². The minimum absolute atomic E-state index is 0.275. The molecule has 0 aromatic heterocycles. The second-order valence-electron chi connectivity index (χ2n) is 5.49. The highest BCUT2D eigenvalue weighted by molar-refractivity contribution is 6.31. The quantitative estimate of drug-likeness (QED) is 0.896. The van der Waals surface area contributed by atoms with Crippen LogP contribution < -0.4 is 5.32 Å². The van der Waals surface area contributed by atoms with E-state index in [1.54, 1.807) is 0 Å². The molecule has 0 amide bonds. The van der Waals surface area contributed by atoms with Gasteiger partial charge in [-0.2, -0.15) is 0 Å². The van der Waals surface area contributed by atoms with Crippen LogP contribution in [0.15, 0.2) is 18.2 Å². The standard InChI is InChI=1S/C15H20ClNO2/c1-11-2-3-13(10-14(11)16)17-12-4-6-15(7-5-12)18-8-9-19-15/h2-3,10,12,17H,4-9H2,1H3. The van der Waals surface area contributed by atoms with Crippen LogP contribution in [0, 0.1) is 6.92 Å². The van der Waals surface area contributed by atoms with Gasteiger partial charge in [-0.3, -0.25) is 0 Å². The van der Waals surface area contributed by atoms with E-state index in [2.05, 4.69) is 17.4 Å². The molecule has 1 heterocycles. The van der Waals surface area contributed by atoms with Crippen molar-refractivity contribution in [2.75, 3.05) is 18.5 Å². The zero-order valence-electron chi connectivity index (χ0n) is 11.2. The van der Waals surface area contributed by atoms with E-state index in [4.69, 9.17) is 21.1 Å². The minimum Gasteiger partial charge on any atom is -0.382 e. The fraction of sp³-hybridized carbons (Fsp3) is 0.600. The van der Waals surface area contributed by atoms with Crippen LogP contribution in [0.2, 0.25) is 5.02 Å². The molecule has 3 nitrogen and oxygen atoms in total. The summed E-state index contributed by atoms with van der Waals surface area (Å²) in [4.78, 5) is 0. The summed E-state index contributed by atoms with van der Waals surface area (Å²) in [5, 5.41) is 4.38. The number of nitrogens with one attached hydrogen (secondary N) is 1. The van der Waals surface area contributed by atoms with Crippen LogP contribution in [0.1, 0.15) is 31.2 Å². The molecule has 1 aliphatic carbocycles. The maximum absolute atomic E-state index is 6.15. The van der Waals surface area contributed by atoms with Gasteiger partial charge in [0, 0.05) is 29.6 Å². The van der Waals surface area contributed by atoms with Crippen molar-refractivity contribution >= 4 is 17.3 Å². The van der Waals surface area contributed by atoms with Crippen LogP contribution in [0.5, 0.6) is 0 Å². The molecule has 1 aromatic carbocycles. The van der Waals surface area contributed by atoms with Crippen molar-refractivity contribution in [1.29, 1.82) is 0 Å². The predicted octanol–water partition coefficient (Wildman–Crippen LogP) is 3.75. The Morgan fingerprint density at radius 3 is 2.53 bits per heavy atom. The van der Waals surface area contributed by atoms with E-state index in [1.807, 2.05) is 13.0 Å². The number of ether oxygens (including phenoxy) is 2. The molecule has 1 aliphatic heterocycles. The Hall–Kier alpha value is -0.770. The van der Waals surface area contributed by atoms with E-state index >= 15 is 0 Å². The minimum atomic E-state index is -0.275. The average Bonchev–Trinajstić information content (AvgIpc) is 2.86. The Morgan fingerprint density at radius 1 is 1.21 bits per heavy atom. The molecule has 1 aromatic rings. The highest BCUT2D eigenvalue weighted by Gasteiger charge is 2.40. The molecule has 0 atom stereocenters. The smallest absolute Gasteiger partial charge is 0.168 e. The molecule has 0 unspecified atom stereocenters. The van der Waals surface area contributed by atoms with Crippen molar-refractivity contribution in [3.63, 3.8) is 0 Å². The Kier molecular flexibility index (Phi) is 3.70. The Balaban J connectivity index is 1.58. The maximum Gasteiger partial charge on any atom is 0.168 e. The summed E-state index contributed by atoms with van der Waals surface area (Å²) >= 11 is 6.15. The molecule has 2 aliphatic rings. The predicted molar refractivity (Wildman–Crippen MR) is 76.7 cm³/mol. The van der Waals surface area contributed by atoms with Crippen LogP contribution in [0.25, 0.3) is 0 Å². The maximum atomic E-state index is 6.15. The lowest BCUT2D eigenvalue weighted by atomic mass is 9.90. The molecule has 104 valence electrons. The van der Waals surface area contributed by atoms with Gasteiger partial charge in [0.05, 0.1) is 13.2 Å². The normalized spacial score (nSPS) is 22.8. The fourth-order valence-corrected chi connectivity index (χ4v) is 3.09. The number of hydrogen-bond acceptors (Lipinski definition) is 3. The summed E-state index contributed by atoms with van der Waals surface area (Å²) in [5.41, 5.74) is 2.22. The third-order valence-electron chi connectivity index (χ3n) is 4.10. The van der Waals surface area contributed by atoms with Gasteiger partial charge in [-0.25, -0.2) is 0 Å². The summed E-state index contributed by atoms with van der Waals surface area (Å²) in [6.45, 7) is 3.50. The molecule has 0 radical (unpaired) electrons. The number of hydrogen-bond donors (Lipinski definition) is 1. The molecule has 2 fully saturated rings. The Labute approximate surface area is 119 Å². The van der Waals surface area contributed by atoms with E-state index in [0.29, 0.717) is 6.04 Å². The summed E-state index contributed by atoms with van der Waals surface area (Å²) in [6, 6.07) is 6.63. The summed E-state index contributed by atoms with van der Waals surface area (Å²) < 4.78 is 11.5. The molecular formula is C15H20ClNO2. The van der Waals surface area contributed by atoms with Crippen LogP contribution in [-0.2, 0) is 9.47 Å². The van der Waals surface area contributed by atoms with E-state index in [1.165, 1.54) is 0 Å². The van der Waals surface area contributed by atoms with Crippen molar-refractivity contribution < 1.29 is 9.47 Å². The third-order valence-corrected chi connectivity index (χ3v) is 4.51. The Bertz CT molecular complexity index is 447. The molecular weight excluding hydrogens is 262 g/mol. The van der Waals surface area contributed by atoms with Gasteiger partial charge in [0.15, 0.2) is 5.79 Å². The largest absolute Gasteiger partial charge is 0.382 e. The van der Waals surface area contributed by atoms with Gasteiger partial charge in [0.1, 0.15) is 0 Å². The van der Waals surface area contributed by atoms with E-state index < -0.39 is 0 Å². The van der Waals surface area contributed by atoms with Crippen LogP contribution in [-0.4, -0.2) is 25.0 Å². The van der Waals surface area contributed by atoms with E-state index in [9.17, 15) is 0 Å². The lowest BCUT2D eigenvalue weighted by Crippen LogP contribution is -2.39. The first-order valence-electron chi connectivity index (χ1n) is 6.97. The SMILES string of the molecule is Cc1ccc(NC2CCC3(CC2)OCCO3)cc1Cl. The van der Waals surface area contributed by atoms with Crippen molar-refractivity contribution in [3.05, 3.63) is 28.8 Å². The third kappa shape index (κ3) is 2.88. The zero-order chi connectivity index (χ0) is 13.3. The van der Waals surface area contributed by atoms with Gasteiger partial charge < -0.3 is 14.8 Å². The zero-order valence-corrected chi connectivity index (χ0v) is 12.0. The summed E-state index contributed by atoms with van der Waals surface area (Å²) in [6.07, 6.45) is 4.10. The lowest BCUT2D eigenvalue weighted by Gasteiger charge is -2.36. The molecule has 4 heteroatoms. The first-order chi connectivity index (χ1) is 9.17. The number of rotatable bonds is 2. The summed E-state index contributed by atoms with van der Waals surface area (Å²) in [5.74, 6) is -0.275. The van der Waals surface area contributed by atoms with Crippen LogP contribution >= 0.6 is 11.6 Å². The van der Waals surface area contributed by atoms with Crippen molar-refractivity contribution in [1.82, 2.24) is 0 Å².